The Balaban J connectivity index is 0.000000142. The molecule has 0 radical (unpaired) electrons. The highest BCUT2D eigenvalue weighted by molar-refractivity contribution is 6.30. The second kappa shape index (κ2) is 11.8. The molecule has 2 fully saturated rings. The molecule has 2 atom stereocenters. The molecule has 0 saturated carbocycles. The van der Waals surface area contributed by atoms with Gasteiger partial charge in [-0.2, -0.15) is 0 Å². The minimum atomic E-state index is -0.221. The SMILES string of the molecule is O=C(Nc1ccccn1)N1c2nc(Cl)ccc2N2CC[C@H]1C2.O=C(Nc1ccccn1)N1c2nc(Cl)ccc2N2CC[C@H]1C2. The molecule has 4 bridgehead atoms. The van der Waals surface area contributed by atoms with Crippen molar-refractivity contribution in [3.63, 3.8) is 0 Å². The van der Waals surface area contributed by atoms with Crippen molar-refractivity contribution in [1.29, 1.82) is 0 Å². The van der Waals surface area contributed by atoms with Gasteiger partial charge in [0.05, 0.1) is 23.5 Å². The zero-order valence-corrected chi connectivity index (χ0v) is 25.0. The van der Waals surface area contributed by atoms with Crippen LogP contribution in [0, 0.1) is 0 Å². The summed E-state index contributed by atoms with van der Waals surface area (Å²) in [5.41, 5.74) is 1.91. The Labute approximate surface area is 263 Å². The topological polar surface area (TPSA) is 123 Å². The molecule has 4 aromatic rings. The minimum absolute atomic E-state index is 0.113. The van der Waals surface area contributed by atoms with Crippen molar-refractivity contribution < 1.29 is 9.59 Å². The maximum absolute atomic E-state index is 12.7. The predicted octanol–water partition coefficient (Wildman–Crippen LogP) is 5.52. The summed E-state index contributed by atoms with van der Waals surface area (Å²) in [5, 5.41) is 6.43. The zero-order chi connectivity index (χ0) is 30.2. The summed E-state index contributed by atoms with van der Waals surface area (Å²) in [6.07, 6.45) is 5.13. The third-order valence-corrected chi connectivity index (χ3v) is 8.49. The fraction of sp³-hybridized carbons (Fsp3) is 0.267. The van der Waals surface area contributed by atoms with Gasteiger partial charge < -0.3 is 9.80 Å². The number of hydrogen-bond acceptors (Lipinski definition) is 8. The summed E-state index contributed by atoms with van der Waals surface area (Å²) in [7, 11) is 0. The van der Waals surface area contributed by atoms with E-state index in [-0.39, 0.29) is 24.1 Å². The summed E-state index contributed by atoms with van der Waals surface area (Å²) in [5.74, 6) is 2.29. The van der Waals surface area contributed by atoms with Gasteiger partial charge in [0.2, 0.25) is 0 Å². The van der Waals surface area contributed by atoms with Crippen molar-refractivity contribution in [2.24, 2.45) is 0 Å². The first-order valence-corrected chi connectivity index (χ1v) is 15.1. The largest absolute Gasteiger partial charge is 0.366 e. The number of nitrogens with zero attached hydrogens (tertiary/aromatic N) is 8. The van der Waals surface area contributed by atoms with Crippen molar-refractivity contribution in [3.05, 3.63) is 83.4 Å². The molecular formula is C30H28Cl2N10O2. The zero-order valence-electron chi connectivity index (χ0n) is 23.5. The van der Waals surface area contributed by atoms with Crippen LogP contribution in [0.15, 0.2) is 73.1 Å². The fourth-order valence-electron chi connectivity index (χ4n) is 6.11. The van der Waals surface area contributed by atoms with Crippen LogP contribution in [-0.2, 0) is 0 Å². The number of carbonyl (C=O) groups is 2. The van der Waals surface area contributed by atoms with E-state index in [0.29, 0.717) is 33.6 Å². The number of urea groups is 2. The quantitative estimate of drug-likeness (QED) is 0.278. The van der Waals surface area contributed by atoms with Gasteiger partial charge in [-0.25, -0.2) is 29.5 Å². The van der Waals surface area contributed by atoms with Gasteiger partial charge in [0.25, 0.3) is 0 Å². The highest BCUT2D eigenvalue weighted by Crippen LogP contribution is 2.41. The van der Waals surface area contributed by atoms with E-state index in [1.165, 1.54) is 0 Å². The minimum Gasteiger partial charge on any atom is -0.366 e. The Morgan fingerprint density at radius 2 is 1.11 bits per heavy atom. The Bertz CT molecular complexity index is 1570. The van der Waals surface area contributed by atoms with Crippen LogP contribution in [0.2, 0.25) is 10.3 Å². The monoisotopic (exact) mass is 630 g/mol. The molecule has 14 heteroatoms. The first-order valence-electron chi connectivity index (χ1n) is 14.3. The van der Waals surface area contributed by atoms with E-state index in [1.807, 2.05) is 36.4 Å². The summed E-state index contributed by atoms with van der Waals surface area (Å²) < 4.78 is 0. The van der Waals surface area contributed by atoms with Crippen molar-refractivity contribution in [1.82, 2.24) is 19.9 Å². The van der Waals surface area contributed by atoms with Crippen LogP contribution in [0.3, 0.4) is 0 Å². The van der Waals surface area contributed by atoms with Gasteiger partial charge in [-0.1, -0.05) is 35.3 Å². The molecule has 2 N–H and O–H groups in total. The number of halogens is 2. The van der Waals surface area contributed by atoms with E-state index in [1.54, 1.807) is 46.5 Å². The summed E-state index contributed by atoms with van der Waals surface area (Å²) in [6.45, 7) is 3.50. The average Bonchev–Trinajstić information content (AvgIpc) is 3.64. The fourth-order valence-corrected chi connectivity index (χ4v) is 6.40. The standard InChI is InChI=1S/2C15H14ClN5O/c2*16-12-5-4-11-14(18-12)21(10-6-8-20(11)9-10)15(22)19-13-3-1-2-7-17-13/h2*1-5,7,10H,6,8-9H2,(H,17,19,22)/t2*10-/m00/s1. The third-order valence-electron chi connectivity index (χ3n) is 8.07. The number of pyridine rings is 4. The second-order valence-corrected chi connectivity index (χ2v) is 11.5. The lowest BCUT2D eigenvalue weighted by Crippen LogP contribution is -2.48. The molecule has 8 rings (SSSR count). The summed E-state index contributed by atoms with van der Waals surface area (Å²) >= 11 is 12.0. The van der Waals surface area contributed by atoms with Crippen LogP contribution < -0.4 is 30.2 Å². The molecule has 0 aromatic carbocycles. The maximum Gasteiger partial charge on any atom is 0.329 e. The molecule has 12 nitrogen and oxygen atoms in total. The average molecular weight is 632 g/mol. The van der Waals surface area contributed by atoms with Crippen molar-refractivity contribution in [2.45, 2.75) is 24.9 Å². The van der Waals surface area contributed by atoms with Gasteiger partial charge in [-0.3, -0.25) is 20.4 Å². The van der Waals surface area contributed by atoms with Crippen LogP contribution in [0.5, 0.6) is 0 Å². The molecule has 0 spiro atoms. The third kappa shape index (κ3) is 5.42. The molecule has 4 aliphatic rings. The highest BCUT2D eigenvalue weighted by atomic mass is 35.5. The lowest BCUT2D eigenvalue weighted by atomic mass is 10.2. The predicted molar refractivity (Wildman–Crippen MR) is 171 cm³/mol. The van der Waals surface area contributed by atoms with Crippen LogP contribution in [0.4, 0.5) is 44.2 Å². The number of carbonyl (C=O) groups excluding carboxylic acids is 2. The lowest BCUT2D eigenvalue weighted by molar-refractivity contribution is 0.254. The van der Waals surface area contributed by atoms with E-state index in [0.717, 1.165) is 50.4 Å². The van der Waals surface area contributed by atoms with Gasteiger partial charge in [-0.15, -0.1) is 0 Å². The number of anilines is 6. The molecule has 8 heterocycles. The summed E-state index contributed by atoms with van der Waals surface area (Å²) in [6, 6.07) is 17.9. The number of aromatic nitrogens is 4. The number of nitrogens with one attached hydrogen (secondary N) is 2. The van der Waals surface area contributed by atoms with E-state index >= 15 is 0 Å². The number of amides is 4. The van der Waals surface area contributed by atoms with Gasteiger partial charge in [-0.05, 0) is 61.4 Å². The molecule has 4 aromatic heterocycles. The van der Waals surface area contributed by atoms with E-state index in [4.69, 9.17) is 23.2 Å². The Morgan fingerprint density at radius 1 is 0.659 bits per heavy atom. The van der Waals surface area contributed by atoms with E-state index < -0.39 is 0 Å². The number of hydrogen-bond donors (Lipinski definition) is 2. The normalized spacial score (nSPS) is 19.0. The Morgan fingerprint density at radius 3 is 1.52 bits per heavy atom. The Hall–Kier alpha value is -4.68. The molecule has 0 aliphatic carbocycles. The van der Waals surface area contributed by atoms with Crippen LogP contribution >= 0.6 is 23.2 Å². The van der Waals surface area contributed by atoms with Crippen molar-refractivity contribution in [2.75, 3.05) is 56.4 Å². The second-order valence-electron chi connectivity index (χ2n) is 10.8. The van der Waals surface area contributed by atoms with Crippen molar-refractivity contribution in [3.8, 4) is 0 Å². The highest BCUT2D eigenvalue weighted by Gasteiger charge is 2.41. The molecule has 2 saturated heterocycles. The Kier molecular flexibility index (Phi) is 7.52. The molecule has 0 unspecified atom stereocenters. The van der Waals surface area contributed by atoms with Crippen molar-refractivity contribution >= 4 is 69.9 Å². The van der Waals surface area contributed by atoms with Crippen LogP contribution in [-0.4, -0.2) is 70.3 Å². The number of rotatable bonds is 2. The van der Waals surface area contributed by atoms with Gasteiger partial charge in [0.1, 0.15) is 21.9 Å². The molecule has 4 amide bonds. The molecule has 44 heavy (non-hydrogen) atoms. The molecular weight excluding hydrogens is 603 g/mol. The molecule has 4 aliphatic heterocycles. The van der Waals surface area contributed by atoms with Gasteiger partial charge in [0.15, 0.2) is 11.6 Å². The van der Waals surface area contributed by atoms with Gasteiger partial charge >= 0.3 is 12.1 Å². The summed E-state index contributed by atoms with van der Waals surface area (Å²) in [4.78, 5) is 50.3. The van der Waals surface area contributed by atoms with E-state index in [2.05, 4.69) is 40.4 Å². The maximum atomic E-state index is 12.7. The first-order chi connectivity index (χ1) is 21.4. The van der Waals surface area contributed by atoms with Crippen LogP contribution in [0.25, 0.3) is 0 Å². The smallest absolute Gasteiger partial charge is 0.329 e. The number of fused-ring (bicyclic) bond motifs is 8. The van der Waals surface area contributed by atoms with Crippen LogP contribution in [0.1, 0.15) is 12.8 Å². The van der Waals surface area contributed by atoms with Gasteiger partial charge in [0, 0.05) is 38.6 Å². The van der Waals surface area contributed by atoms with E-state index in [9.17, 15) is 9.59 Å². The lowest BCUT2D eigenvalue weighted by Gasteiger charge is -2.35. The molecule has 224 valence electrons. The first kappa shape index (κ1) is 28.1.